The van der Waals surface area contributed by atoms with E-state index in [-0.39, 0.29) is 31.0 Å². The zero-order chi connectivity index (χ0) is 22.7. The lowest BCUT2D eigenvalue weighted by molar-refractivity contribution is -0.275. The third-order valence-corrected chi connectivity index (χ3v) is 5.85. The maximum absolute atomic E-state index is 12.7. The van der Waals surface area contributed by atoms with E-state index in [9.17, 15) is 18.0 Å². The minimum Gasteiger partial charge on any atom is -0.454 e. The van der Waals surface area contributed by atoms with Crippen LogP contribution >= 0.6 is 11.6 Å². The Morgan fingerprint density at radius 3 is 2.69 bits per heavy atom. The fourth-order valence-electron chi connectivity index (χ4n) is 3.94. The van der Waals surface area contributed by atoms with Gasteiger partial charge >= 0.3 is 6.36 Å². The third kappa shape index (κ3) is 5.39. The van der Waals surface area contributed by atoms with Gasteiger partial charge in [-0.3, -0.25) is 4.79 Å². The van der Waals surface area contributed by atoms with E-state index in [0.717, 1.165) is 5.56 Å². The molecule has 32 heavy (non-hydrogen) atoms. The molecule has 1 atom stereocenters. The first-order chi connectivity index (χ1) is 15.3. The SMILES string of the molecule is O=C1CC[C@@H](CCNCc2cc3c(cc2Cl)OCO3)N1Cc1ccccc1OC(F)(F)F. The number of fused-ring (bicyclic) bond motifs is 1. The molecule has 2 heterocycles. The summed E-state index contributed by atoms with van der Waals surface area (Å²) in [5, 5.41) is 3.88. The number of carbonyl (C=O) groups is 1. The molecule has 1 N–H and O–H groups in total. The number of nitrogens with zero attached hydrogens (tertiary/aromatic N) is 1. The molecule has 2 aliphatic rings. The Morgan fingerprint density at radius 2 is 1.91 bits per heavy atom. The number of ether oxygens (including phenoxy) is 3. The van der Waals surface area contributed by atoms with Crippen molar-refractivity contribution in [2.75, 3.05) is 13.3 Å². The Labute approximate surface area is 188 Å². The van der Waals surface area contributed by atoms with Crippen LogP contribution in [0.25, 0.3) is 0 Å². The van der Waals surface area contributed by atoms with Crippen LogP contribution < -0.4 is 19.5 Å². The molecule has 0 spiro atoms. The van der Waals surface area contributed by atoms with Crippen LogP contribution in [-0.4, -0.2) is 36.5 Å². The average Bonchev–Trinajstić information content (AvgIpc) is 3.32. The van der Waals surface area contributed by atoms with Crippen molar-refractivity contribution in [3.8, 4) is 17.2 Å². The van der Waals surface area contributed by atoms with Crippen LogP contribution in [0.1, 0.15) is 30.4 Å². The number of para-hydroxylation sites is 1. The predicted molar refractivity (Wildman–Crippen MR) is 111 cm³/mol. The molecule has 0 saturated carbocycles. The van der Waals surface area contributed by atoms with Crippen molar-refractivity contribution in [2.45, 2.75) is 44.8 Å². The molecule has 0 aliphatic carbocycles. The van der Waals surface area contributed by atoms with E-state index in [1.54, 1.807) is 23.1 Å². The number of hydrogen-bond acceptors (Lipinski definition) is 5. The van der Waals surface area contributed by atoms with Gasteiger partial charge in [0.1, 0.15) is 5.75 Å². The van der Waals surface area contributed by atoms with E-state index in [4.69, 9.17) is 21.1 Å². The van der Waals surface area contributed by atoms with Crippen LogP contribution in [0.2, 0.25) is 5.02 Å². The first kappa shape index (κ1) is 22.5. The van der Waals surface area contributed by atoms with Gasteiger partial charge in [0.25, 0.3) is 0 Å². The molecule has 1 amide bonds. The number of rotatable bonds is 8. The van der Waals surface area contributed by atoms with Gasteiger partial charge in [-0.25, -0.2) is 0 Å². The van der Waals surface area contributed by atoms with Crippen molar-refractivity contribution < 1.29 is 32.2 Å². The van der Waals surface area contributed by atoms with Crippen LogP contribution in [0.4, 0.5) is 13.2 Å². The molecule has 1 saturated heterocycles. The van der Waals surface area contributed by atoms with Gasteiger partial charge in [-0.05, 0) is 37.1 Å². The molecule has 0 bridgehead atoms. The fourth-order valence-corrected chi connectivity index (χ4v) is 4.16. The molecular formula is C22H22ClF3N2O4. The summed E-state index contributed by atoms with van der Waals surface area (Å²) in [5.41, 5.74) is 1.19. The highest BCUT2D eigenvalue weighted by molar-refractivity contribution is 6.31. The van der Waals surface area contributed by atoms with Crippen LogP contribution in [0.5, 0.6) is 17.2 Å². The Kier molecular flexibility index (Phi) is 6.66. The number of amides is 1. The molecule has 2 aliphatic heterocycles. The number of alkyl halides is 3. The summed E-state index contributed by atoms with van der Waals surface area (Å²) in [4.78, 5) is 14.0. The van der Waals surface area contributed by atoms with E-state index >= 15 is 0 Å². The number of likely N-dealkylation sites (tertiary alicyclic amines) is 1. The summed E-state index contributed by atoms with van der Waals surface area (Å²) in [6, 6.07) is 9.39. The molecule has 0 radical (unpaired) electrons. The highest BCUT2D eigenvalue weighted by Gasteiger charge is 2.34. The maximum atomic E-state index is 12.7. The van der Waals surface area contributed by atoms with Crippen molar-refractivity contribution in [3.05, 3.63) is 52.5 Å². The van der Waals surface area contributed by atoms with Crippen molar-refractivity contribution in [2.24, 2.45) is 0 Å². The highest BCUT2D eigenvalue weighted by atomic mass is 35.5. The quantitative estimate of drug-likeness (QED) is 0.570. The van der Waals surface area contributed by atoms with E-state index in [1.165, 1.54) is 12.1 Å². The van der Waals surface area contributed by atoms with E-state index < -0.39 is 6.36 Å². The molecule has 1 fully saturated rings. The van der Waals surface area contributed by atoms with Gasteiger partial charge in [-0.1, -0.05) is 29.8 Å². The number of carbonyl (C=O) groups excluding carboxylic acids is 1. The summed E-state index contributed by atoms with van der Waals surface area (Å²) in [6.07, 6.45) is -3.09. The number of halogens is 4. The van der Waals surface area contributed by atoms with Gasteiger partial charge in [0.2, 0.25) is 12.7 Å². The monoisotopic (exact) mass is 470 g/mol. The molecule has 4 rings (SSSR count). The smallest absolute Gasteiger partial charge is 0.454 e. The zero-order valence-corrected chi connectivity index (χ0v) is 17.8. The normalized spacial score (nSPS) is 17.8. The molecule has 172 valence electrons. The molecule has 2 aromatic carbocycles. The molecule has 2 aromatic rings. The Balaban J connectivity index is 1.33. The summed E-state index contributed by atoms with van der Waals surface area (Å²) < 4.78 is 52.9. The van der Waals surface area contributed by atoms with Crippen molar-refractivity contribution in [1.29, 1.82) is 0 Å². The van der Waals surface area contributed by atoms with E-state index in [0.29, 0.717) is 54.4 Å². The van der Waals surface area contributed by atoms with Crippen molar-refractivity contribution in [1.82, 2.24) is 10.2 Å². The van der Waals surface area contributed by atoms with Crippen LogP contribution in [-0.2, 0) is 17.9 Å². The molecule has 0 unspecified atom stereocenters. The topological polar surface area (TPSA) is 60.0 Å². The zero-order valence-electron chi connectivity index (χ0n) is 17.1. The highest BCUT2D eigenvalue weighted by Crippen LogP contribution is 2.37. The number of nitrogens with one attached hydrogen (secondary N) is 1. The van der Waals surface area contributed by atoms with Crippen molar-refractivity contribution >= 4 is 17.5 Å². The summed E-state index contributed by atoms with van der Waals surface area (Å²) in [6.45, 7) is 1.37. The van der Waals surface area contributed by atoms with Crippen LogP contribution in [0, 0.1) is 0 Å². The molecule has 0 aromatic heterocycles. The predicted octanol–water partition coefficient (Wildman–Crippen LogP) is 4.64. The number of benzene rings is 2. The lowest BCUT2D eigenvalue weighted by atomic mass is 10.1. The summed E-state index contributed by atoms with van der Waals surface area (Å²) in [5.74, 6) is 0.914. The maximum Gasteiger partial charge on any atom is 0.573 e. The minimum absolute atomic E-state index is 0.0684. The van der Waals surface area contributed by atoms with Gasteiger partial charge in [-0.15, -0.1) is 13.2 Å². The first-order valence-electron chi connectivity index (χ1n) is 10.2. The van der Waals surface area contributed by atoms with E-state index in [2.05, 4.69) is 10.1 Å². The largest absolute Gasteiger partial charge is 0.573 e. The van der Waals surface area contributed by atoms with Crippen molar-refractivity contribution in [3.63, 3.8) is 0 Å². The van der Waals surface area contributed by atoms with Gasteiger partial charge in [-0.2, -0.15) is 0 Å². The van der Waals surface area contributed by atoms with E-state index in [1.807, 2.05) is 6.07 Å². The first-order valence-corrected chi connectivity index (χ1v) is 10.6. The molecule has 10 heteroatoms. The van der Waals surface area contributed by atoms with Gasteiger partial charge in [0.15, 0.2) is 11.5 Å². The lowest BCUT2D eigenvalue weighted by Gasteiger charge is -2.26. The number of hydrogen-bond donors (Lipinski definition) is 1. The van der Waals surface area contributed by atoms with Gasteiger partial charge in [0, 0.05) is 42.2 Å². The lowest BCUT2D eigenvalue weighted by Crippen LogP contribution is -2.35. The Hall–Kier alpha value is -2.65. The van der Waals surface area contributed by atoms with Gasteiger partial charge in [0.05, 0.1) is 0 Å². The average molecular weight is 471 g/mol. The minimum atomic E-state index is -4.79. The third-order valence-electron chi connectivity index (χ3n) is 5.50. The fraction of sp³-hybridized carbons (Fsp3) is 0.409. The Bertz CT molecular complexity index is 986. The standard InChI is InChI=1S/C22H22ClF3N2O4/c23-17-10-20-19(30-13-31-20)9-15(17)11-27-8-7-16-5-6-21(29)28(16)12-14-3-1-2-4-18(14)32-22(24,25)26/h1-4,9-10,16,27H,5-8,11-13H2/t16-/m0/s1. The summed E-state index contributed by atoms with van der Waals surface area (Å²) >= 11 is 6.29. The van der Waals surface area contributed by atoms with Crippen LogP contribution in [0.3, 0.4) is 0 Å². The molecular weight excluding hydrogens is 449 g/mol. The second kappa shape index (κ2) is 9.46. The second-order valence-electron chi connectivity index (χ2n) is 7.63. The second-order valence-corrected chi connectivity index (χ2v) is 8.04. The summed E-state index contributed by atoms with van der Waals surface area (Å²) in [7, 11) is 0. The van der Waals surface area contributed by atoms with Gasteiger partial charge < -0.3 is 24.4 Å². The molecule has 6 nitrogen and oxygen atoms in total. The van der Waals surface area contributed by atoms with Crippen LogP contribution in [0.15, 0.2) is 36.4 Å². The Morgan fingerprint density at radius 1 is 1.16 bits per heavy atom.